The fourth-order valence-electron chi connectivity index (χ4n) is 1.60. The van der Waals surface area contributed by atoms with Crippen LogP contribution in [0.1, 0.15) is 18.2 Å². The van der Waals surface area contributed by atoms with E-state index < -0.39 is 0 Å². The van der Waals surface area contributed by atoms with E-state index in [2.05, 4.69) is 15.6 Å². The summed E-state index contributed by atoms with van der Waals surface area (Å²) in [7, 11) is 0. The number of hydrogen-bond acceptors (Lipinski definition) is 3. The molecule has 6 heteroatoms. The number of carbonyl (C=O) groups is 1. The Bertz CT molecular complexity index is 596. The van der Waals surface area contributed by atoms with Crippen LogP contribution in [0.15, 0.2) is 17.1 Å². The molecule has 0 aromatic carbocycles. The Labute approximate surface area is 91.3 Å². The van der Waals surface area contributed by atoms with Gasteiger partial charge in [0.05, 0.1) is 11.7 Å². The van der Waals surface area contributed by atoms with Crippen LogP contribution in [-0.2, 0) is 11.3 Å². The average molecular weight is 220 g/mol. The molecule has 0 spiro atoms. The number of pyridine rings is 1. The van der Waals surface area contributed by atoms with Gasteiger partial charge in [-0.15, -0.1) is 0 Å². The molecule has 2 aromatic rings. The van der Waals surface area contributed by atoms with E-state index in [-0.39, 0.29) is 17.9 Å². The second-order valence-electron chi connectivity index (χ2n) is 3.60. The molecule has 0 aliphatic carbocycles. The standard InChI is InChI=1S/C10H12N4O2/c1-6-9(5-11-7(2)15)10(16)3-8-4-12-13-14(6)8/h3-4,13H,5H2,1-2H3,(H,11,15). The van der Waals surface area contributed by atoms with Crippen molar-refractivity contribution in [2.24, 2.45) is 0 Å². The normalized spacial score (nSPS) is 10.6. The van der Waals surface area contributed by atoms with Crippen molar-refractivity contribution in [2.75, 3.05) is 0 Å². The number of aryl methyl sites for hydroxylation is 1. The molecule has 84 valence electrons. The molecular weight excluding hydrogens is 208 g/mol. The first kappa shape index (κ1) is 10.4. The highest BCUT2D eigenvalue weighted by atomic mass is 16.1. The molecule has 0 aliphatic heterocycles. The number of fused-ring (bicyclic) bond motifs is 1. The van der Waals surface area contributed by atoms with Crippen LogP contribution < -0.4 is 10.7 Å². The lowest BCUT2D eigenvalue weighted by atomic mass is 10.2. The molecule has 0 aliphatic rings. The third kappa shape index (κ3) is 1.69. The van der Waals surface area contributed by atoms with E-state index in [4.69, 9.17) is 0 Å². The highest BCUT2D eigenvalue weighted by Gasteiger charge is 2.09. The second-order valence-corrected chi connectivity index (χ2v) is 3.60. The third-order valence-electron chi connectivity index (χ3n) is 2.48. The number of amides is 1. The summed E-state index contributed by atoms with van der Waals surface area (Å²) < 4.78 is 1.71. The molecule has 2 N–H and O–H groups in total. The van der Waals surface area contributed by atoms with Gasteiger partial charge >= 0.3 is 0 Å². The predicted octanol–water partition coefficient (Wildman–Crippen LogP) is -0.0329. The molecule has 0 saturated heterocycles. The Morgan fingerprint density at radius 1 is 1.62 bits per heavy atom. The first-order valence-electron chi connectivity index (χ1n) is 4.88. The molecule has 0 unspecified atom stereocenters. The molecule has 2 aromatic heterocycles. The van der Waals surface area contributed by atoms with Gasteiger partial charge < -0.3 is 5.32 Å². The number of nitrogens with zero attached hydrogens (tertiary/aromatic N) is 2. The molecule has 0 bridgehead atoms. The van der Waals surface area contributed by atoms with Crippen molar-refractivity contribution in [3.63, 3.8) is 0 Å². The van der Waals surface area contributed by atoms with Crippen LogP contribution in [0.4, 0.5) is 0 Å². The smallest absolute Gasteiger partial charge is 0.217 e. The van der Waals surface area contributed by atoms with Gasteiger partial charge in [-0.3, -0.25) is 9.59 Å². The largest absolute Gasteiger partial charge is 0.352 e. The van der Waals surface area contributed by atoms with E-state index in [9.17, 15) is 9.59 Å². The van der Waals surface area contributed by atoms with Crippen LogP contribution in [0.5, 0.6) is 0 Å². The van der Waals surface area contributed by atoms with Crippen LogP contribution in [0.2, 0.25) is 0 Å². The quantitative estimate of drug-likeness (QED) is 0.745. The van der Waals surface area contributed by atoms with Gasteiger partial charge in [-0.2, -0.15) is 5.10 Å². The molecule has 16 heavy (non-hydrogen) atoms. The number of aromatic nitrogens is 3. The van der Waals surface area contributed by atoms with E-state index in [1.165, 1.54) is 13.0 Å². The van der Waals surface area contributed by atoms with Crippen LogP contribution in [0, 0.1) is 6.92 Å². The first-order valence-corrected chi connectivity index (χ1v) is 4.88. The third-order valence-corrected chi connectivity index (χ3v) is 2.48. The van der Waals surface area contributed by atoms with E-state index in [0.717, 1.165) is 5.69 Å². The first-order chi connectivity index (χ1) is 7.59. The molecule has 6 nitrogen and oxygen atoms in total. The summed E-state index contributed by atoms with van der Waals surface area (Å²) in [5.41, 5.74) is 1.95. The Morgan fingerprint density at radius 3 is 3.06 bits per heavy atom. The number of aromatic amines is 1. The maximum absolute atomic E-state index is 11.8. The monoisotopic (exact) mass is 220 g/mol. The minimum Gasteiger partial charge on any atom is -0.352 e. The van der Waals surface area contributed by atoms with Crippen molar-refractivity contribution >= 4 is 11.4 Å². The fourth-order valence-corrected chi connectivity index (χ4v) is 1.60. The van der Waals surface area contributed by atoms with E-state index >= 15 is 0 Å². The molecular formula is C10H12N4O2. The topological polar surface area (TPSA) is 79.3 Å². The Kier molecular flexibility index (Phi) is 2.47. The fraction of sp³-hybridized carbons (Fsp3) is 0.300. The maximum Gasteiger partial charge on any atom is 0.217 e. The second kappa shape index (κ2) is 3.80. The molecule has 2 rings (SSSR count). The summed E-state index contributed by atoms with van der Waals surface area (Å²) in [4.78, 5) is 22.6. The van der Waals surface area contributed by atoms with Gasteiger partial charge in [-0.1, -0.05) is 0 Å². The zero-order chi connectivity index (χ0) is 11.7. The zero-order valence-corrected chi connectivity index (χ0v) is 9.07. The summed E-state index contributed by atoms with van der Waals surface area (Å²) in [6.07, 6.45) is 1.58. The van der Waals surface area contributed by atoms with Crippen LogP contribution in [0.3, 0.4) is 0 Å². The van der Waals surface area contributed by atoms with Crippen molar-refractivity contribution in [2.45, 2.75) is 20.4 Å². The van der Waals surface area contributed by atoms with Gasteiger partial charge in [-0.25, -0.2) is 9.73 Å². The Hall–Kier alpha value is -2.11. The zero-order valence-electron chi connectivity index (χ0n) is 9.07. The lowest BCUT2D eigenvalue weighted by Crippen LogP contribution is -2.25. The number of carbonyl (C=O) groups excluding carboxylic acids is 1. The van der Waals surface area contributed by atoms with E-state index in [1.54, 1.807) is 10.7 Å². The summed E-state index contributed by atoms with van der Waals surface area (Å²) >= 11 is 0. The molecule has 0 fully saturated rings. The van der Waals surface area contributed by atoms with Crippen molar-refractivity contribution < 1.29 is 4.79 Å². The van der Waals surface area contributed by atoms with E-state index in [0.29, 0.717) is 11.1 Å². The number of nitrogens with one attached hydrogen (secondary N) is 2. The van der Waals surface area contributed by atoms with Gasteiger partial charge in [0.25, 0.3) is 0 Å². The molecule has 0 radical (unpaired) electrons. The van der Waals surface area contributed by atoms with Gasteiger partial charge in [-0.05, 0) is 6.92 Å². The minimum absolute atomic E-state index is 0.0901. The number of H-pyrrole nitrogens is 1. The van der Waals surface area contributed by atoms with Gasteiger partial charge in [0, 0.05) is 30.8 Å². The minimum atomic E-state index is -0.159. The lowest BCUT2D eigenvalue weighted by molar-refractivity contribution is -0.119. The number of hydrogen-bond donors (Lipinski definition) is 2. The Balaban J connectivity index is 2.51. The van der Waals surface area contributed by atoms with Gasteiger partial charge in [0.1, 0.15) is 0 Å². The number of rotatable bonds is 2. The maximum atomic E-state index is 11.8. The highest BCUT2D eigenvalue weighted by Crippen LogP contribution is 2.05. The molecule has 0 atom stereocenters. The molecule has 1 amide bonds. The summed E-state index contributed by atoms with van der Waals surface area (Å²) in [6.45, 7) is 3.47. The predicted molar refractivity (Wildman–Crippen MR) is 58.1 cm³/mol. The van der Waals surface area contributed by atoms with E-state index in [1.807, 2.05) is 6.92 Å². The van der Waals surface area contributed by atoms with Crippen molar-refractivity contribution in [1.29, 1.82) is 0 Å². The summed E-state index contributed by atoms with van der Waals surface area (Å²) in [5, 5.41) is 9.22. The summed E-state index contributed by atoms with van der Waals surface area (Å²) in [6, 6.07) is 1.49. The molecule has 0 saturated carbocycles. The van der Waals surface area contributed by atoms with Crippen LogP contribution in [0.25, 0.3) is 5.52 Å². The average Bonchev–Trinajstić information content (AvgIpc) is 2.64. The van der Waals surface area contributed by atoms with Crippen molar-refractivity contribution in [3.05, 3.63) is 33.7 Å². The highest BCUT2D eigenvalue weighted by molar-refractivity contribution is 5.72. The van der Waals surface area contributed by atoms with Gasteiger partial charge in [0.15, 0.2) is 5.43 Å². The van der Waals surface area contributed by atoms with Gasteiger partial charge in [0.2, 0.25) is 5.91 Å². The summed E-state index contributed by atoms with van der Waals surface area (Å²) in [5.74, 6) is -0.159. The van der Waals surface area contributed by atoms with Crippen LogP contribution >= 0.6 is 0 Å². The Morgan fingerprint density at radius 2 is 2.38 bits per heavy atom. The SMILES string of the molecule is CC(=O)NCc1c(C)n2[nH]ncc2cc1=O. The van der Waals surface area contributed by atoms with Crippen molar-refractivity contribution in [3.8, 4) is 0 Å². The van der Waals surface area contributed by atoms with Crippen molar-refractivity contribution in [1.82, 2.24) is 20.1 Å². The van der Waals surface area contributed by atoms with Crippen LogP contribution in [-0.4, -0.2) is 20.7 Å². The lowest BCUT2D eigenvalue weighted by Gasteiger charge is -2.07. The molecule has 2 heterocycles.